The SMILES string of the molecule is CCCCCCC12CCC(C1)C1=C2O1. The molecule has 1 heterocycles. The standard InChI is InChI=1S/C13H20O/c1-2-3-4-5-7-13-8-6-10(9-13)11-12(13)14-11/h10H,2-9H2,1H3. The molecule has 0 aromatic heterocycles. The number of rotatable bonds is 5. The highest BCUT2D eigenvalue weighted by atomic mass is 16.6. The minimum absolute atomic E-state index is 0.549. The van der Waals surface area contributed by atoms with Crippen molar-refractivity contribution in [3.63, 3.8) is 0 Å². The molecule has 1 aliphatic heterocycles. The van der Waals surface area contributed by atoms with Crippen molar-refractivity contribution in [1.82, 2.24) is 0 Å². The highest BCUT2D eigenvalue weighted by Gasteiger charge is 2.60. The molecule has 2 unspecified atom stereocenters. The van der Waals surface area contributed by atoms with Gasteiger partial charge < -0.3 is 4.74 Å². The molecule has 14 heavy (non-hydrogen) atoms. The van der Waals surface area contributed by atoms with Crippen LogP contribution in [-0.4, -0.2) is 0 Å². The van der Waals surface area contributed by atoms with Crippen LogP contribution in [0.25, 0.3) is 0 Å². The molecule has 2 atom stereocenters. The summed E-state index contributed by atoms with van der Waals surface area (Å²) in [7, 11) is 0. The van der Waals surface area contributed by atoms with Crippen LogP contribution in [0.3, 0.4) is 0 Å². The molecule has 0 radical (unpaired) electrons. The third kappa shape index (κ3) is 1.14. The molecule has 0 saturated heterocycles. The number of hydrogen-bond donors (Lipinski definition) is 0. The molecule has 2 aliphatic carbocycles. The summed E-state index contributed by atoms with van der Waals surface area (Å²) in [6.07, 6.45) is 11.3. The van der Waals surface area contributed by atoms with Gasteiger partial charge in [0.1, 0.15) is 11.5 Å². The summed E-state index contributed by atoms with van der Waals surface area (Å²) >= 11 is 0. The first-order chi connectivity index (χ1) is 6.86. The van der Waals surface area contributed by atoms with Crippen LogP contribution < -0.4 is 0 Å². The van der Waals surface area contributed by atoms with Crippen LogP contribution in [0.4, 0.5) is 0 Å². The summed E-state index contributed by atoms with van der Waals surface area (Å²) in [5.74, 6) is 3.69. The smallest absolute Gasteiger partial charge is 0.148 e. The normalized spacial score (nSPS) is 37.4. The van der Waals surface area contributed by atoms with Crippen molar-refractivity contribution in [2.24, 2.45) is 11.3 Å². The van der Waals surface area contributed by atoms with E-state index in [1.807, 2.05) is 0 Å². The number of fused-ring (bicyclic) bond motifs is 4. The molecule has 2 bridgehead atoms. The molecule has 78 valence electrons. The van der Waals surface area contributed by atoms with E-state index in [-0.39, 0.29) is 0 Å². The number of allylic oxidation sites excluding steroid dienone is 2. The van der Waals surface area contributed by atoms with Crippen molar-refractivity contribution in [3.05, 3.63) is 11.5 Å². The van der Waals surface area contributed by atoms with Crippen LogP contribution >= 0.6 is 0 Å². The molecule has 3 aliphatic rings. The van der Waals surface area contributed by atoms with E-state index in [0.717, 1.165) is 5.92 Å². The number of ether oxygens (including phenoxy) is 1. The van der Waals surface area contributed by atoms with E-state index in [9.17, 15) is 0 Å². The summed E-state index contributed by atoms with van der Waals surface area (Å²) in [6, 6.07) is 0. The van der Waals surface area contributed by atoms with Gasteiger partial charge in [-0.2, -0.15) is 0 Å². The van der Waals surface area contributed by atoms with E-state index in [1.54, 1.807) is 0 Å². The largest absolute Gasteiger partial charge is 0.458 e. The van der Waals surface area contributed by atoms with E-state index < -0.39 is 0 Å². The van der Waals surface area contributed by atoms with Gasteiger partial charge in [-0.25, -0.2) is 0 Å². The average Bonchev–Trinajstić information content (AvgIpc) is 2.85. The van der Waals surface area contributed by atoms with Crippen molar-refractivity contribution >= 4 is 0 Å². The molecule has 3 rings (SSSR count). The maximum absolute atomic E-state index is 5.63. The molecule has 1 saturated carbocycles. The van der Waals surface area contributed by atoms with Crippen molar-refractivity contribution in [3.8, 4) is 0 Å². The van der Waals surface area contributed by atoms with Gasteiger partial charge in [-0.3, -0.25) is 0 Å². The van der Waals surface area contributed by atoms with Gasteiger partial charge >= 0.3 is 0 Å². The minimum atomic E-state index is 0.549. The van der Waals surface area contributed by atoms with Gasteiger partial charge in [-0.15, -0.1) is 0 Å². The maximum atomic E-state index is 5.63. The third-order valence-electron chi connectivity index (χ3n) is 4.36. The summed E-state index contributed by atoms with van der Waals surface area (Å²) < 4.78 is 5.63. The predicted octanol–water partition coefficient (Wildman–Crippen LogP) is 4.00. The highest BCUT2D eigenvalue weighted by Crippen LogP contribution is 2.67. The molecule has 0 amide bonds. The van der Waals surface area contributed by atoms with E-state index in [0.29, 0.717) is 5.41 Å². The molecule has 0 aromatic rings. The summed E-state index contributed by atoms with van der Waals surface area (Å²) in [4.78, 5) is 0. The van der Waals surface area contributed by atoms with Gasteiger partial charge in [-0.1, -0.05) is 32.6 Å². The lowest BCUT2D eigenvalue weighted by Crippen LogP contribution is -2.15. The Morgan fingerprint density at radius 3 is 3.00 bits per heavy atom. The number of hydrogen-bond acceptors (Lipinski definition) is 1. The molecule has 0 aromatic carbocycles. The lowest BCUT2D eigenvalue weighted by atomic mass is 9.81. The van der Waals surface area contributed by atoms with Crippen LogP contribution in [0.15, 0.2) is 11.5 Å². The summed E-state index contributed by atoms with van der Waals surface area (Å²) in [5.41, 5.74) is 0.549. The maximum Gasteiger partial charge on any atom is 0.148 e. The van der Waals surface area contributed by atoms with Crippen LogP contribution in [0.1, 0.15) is 58.3 Å². The average molecular weight is 192 g/mol. The lowest BCUT2D eigenvalue weighted by molar-refractivity contribution is 0.229. The van der Waals surface area contributed by atoms with E-state index in [1.165, 1.54) is 62.9 Å². The van der Waals surface area contributed by atoms with Gasteiger partial charge in [0.2, 0.25) is 0 Å². The topological polar surface area (TPSA) is 12.5 Å². The molecule has 1 nitrogen and oxygen atoms in total. The fourth-order valence-electron chi connectivity index (χ4n) is 3.51. The zero-order chi connectivity index (χ0) is 9.60. The van der Waals surface area contributed by atoms with Gasteiger partial charge in [0, 0.05) is 11.3 Å². The Bertz CT molecular complexity index is 279. The van der Waals surface area contributed by atoms with Crippen LogP contribution in [0, 0.1) is 11.3 Å². The monoisotopic (exact) mass is 192 g/mol. The van der Waals surface area contributed by atoms with Crippen LogP contribution in [-0.2, 0) is 4.74 Å². The zero-order valence-electron chi connectivity index (χ0n) is 9.14. The fourth-order valence-corrected chi connectivity index (χ4v) is 3.51. The second-order valence-electron chi connectivity index (χ2n) is 5.33. The molecular weight excluding hydrogens is 172 g/mol. The van der Waals surface area contributed by atoms with Crippen molar-refractivity contribution in [2.75, 3.05) is 0 Å². The highest BCUT2D eigenvalue weighted by molar-refractivity contribution is 5.37. The molecule has 0 spiro atoms. The van der Waals surface area contributed by atoms with E-state index in [2.05, 4.69) is 6.92 Å². The zero-order valence-corrected chi connectivity index (χ0v) is 9.14. The lowest BCUT2D eigenvalue weighted by Gasteiger charge is -2.23. The fraction of sp³-hybridized carbons (Fsp3) is 0.846. The first-order valence-electron chi connectivity index (χ1n) is 6.28. The van der Waals surface area contributed by atoms with Gasteiger partial charge in [-0.05, 0) is 25.7 Å². The Balaban J connectivity index is 1.55. The van der Waals surface area contributed by atoms with Crippen molar-refractivity contribution in [2.45, 2.75) is 58.3 Å². The second kappa shape index (κ2) is 3.01. The Labute approximate surface area is 86.5 Å². The Morgan fingerprint density at radius 2 is 2.29 bits per heavy atom. The molecule has 1 heteroatoms. The number of unbranched alkanes of at least 4 members (excludes halogenated alkanes) is 3. The Morgan fingerprint density at radius 1 is 1.36 bits per heavy atom. The minimum Gasteiger partial charge on any atom is -0.458 e. The van der Waals surface area contributed by atoms with Gasteiger partial charge in [0.05, 0.1) is 0 Å². The quantitative estimate of drug-likeness (QED) is 0.600. The first-order valence-corrected chi connectivity index (χ1v) is 6.28. The van der Waals surface area contributed by atoms with E-state index >= 15 is 0 Å². The van der Waals surface area contributed by atoms with Crippen molar-refractivity contribution < 1.29 is 4.74 Å². The first kappa shape index (κ1) is 8.82. The van der Waals surface area contributed by atoms with Crippen molar-refractivity contribution in [1.29, 1.82) is 0 Å². The molecular formula is C13H20O. The Kier molecular flexibility index (Phi) is 1.90. The second-order valence-corrected chi connectivity index (χ2v) is 5.33. The molecule has 0 N–H and O–H groups in total. The van der Waals surface area contributed by atoms with Gasteiger partial charge in [0.15, 0.2) is 0 Å². The summed E-state index contributed by atoms with van der Waals surface area (Å²) in [5, 5.41) is 0. The molecule has 1 fully saturated rings. The van der Waals surface area contributed by atoms with Crippen LogP contribution in [0.2, 0.25) is 0 Å². The summed E-state index contributed by atoms with van der Waals surface area (Å²) in [6.45, 7) is 2.28. The predicted molar refractivity (Wildman–Crippen MR) is 56.6 cm³/mol. The Hall–Kier alpha value is -0.460. The van der Waals surface area contributed by atoms with Gasteiger partial charge in [0.25, 0.3) is 0 Å². The van der Waals surface area contributed by atoms with Crippen LogP contribution in [0.5, 0.6) is 0 Å². The third-order valence-corrected chi connectivity index (χ3v) is 4.36. The van der Waals surface area contributed by atoms with E-state index in [4.69, 9.17) is 4.74 Å².